The third-order valence-electron chi connectivity index (χ3n) is 3.77. The van der Waals surface area contributed by atoms with Crippen molar-refractivity contribution in [1.82, 2.24) is 5.32 Å². The molecule has 1 atom stereocenters. The quantitative estimate of drug-likeness (QED) is 0.748. The van der Waals surface area contributed by atoms with Crippen molar-refractivity contribution in [2.45, 2.75) is 45.1 Å². The second-order valence-corrected chi connectivity index (χ2v) is 6.33. The first-order valence-corrected chi connectivity index (χ1v) is 8.10. The maximum Gasteiger partial charge on any atom is 0.124 e. The number of benzene rings is 1. The molecule has 0 heterocycles. The molecule has 1 aliphatic rings. The molecule has 0 radical (unpaired) electrons. The third kappa shape index (κ3) is 4.50. The van der Waals surface area contributed by atoms with Crippen molar-refractivity contribution in [3.05, 3.63) is 28.2 Å². The predicted octanol–water partition coefficient (Wildman–Crippen LogP) is 4.69. The van der Waals surface area contributed by atoms with Gasteiger partial charge in [0, 0.05) is 16.1 Å². The molecular weight excluding hydrogens is 302 g/mol. The van der Waals surface area contributed by atoms with Gasteiger partial charge in [-0.3, -0.25) is 0 Å². The van der Waals surface area contributed by atoms with Crippen LogP contribution in [0, 0.1) is 5.92 Å². The van der Waals surface area contributed by atoms with E-state index in [0.29, 0.717) is 6.04 Å². The van der Waals surface area contributed by atoms with Gasteiger partial charge in [0.1, 0.15) is 5.75 Å². The highest BCUT2D eigenvalue weighted by Gasteiger charge is 2.24. The number of halogens is 1. The van der Waals surface area contributed by atoms with Gasteiger partial charge in [-0.25, -0.2) is 0 Å². The summed E-state index contributed by atoms with van der Waals surface area (Å²) in [5, 5.41) is 3.67. The minimum Gasteiger partial charge on any atom is -0.496 e. The van der Waals surface area contributed by atoms with E-state index in [0.717, 1.165) is 22.7 Å². The number of rotatable bonds is 8. The lowest BCUT2D eigenvalue weighted by atomic mass is 9.99. The summed E-state index contributed by atoms with van der Waals surface area (Å²) in [6.07, 6.45) is 6.57. The van der Waals surface area contributed by atoms with Crippen LogP contribution in [0.25, 0.3) is 0 Å². The van der Waals surface area contributed by atoms with Crippen LogP contribution in [0.15, 0.2) is 22.7 Å². The SMILES string of the molecule is CCCNC(CCC1CC1)c1ccc(Br)cc1OC. The molecule has 1 N–H and O–H groups in total. The number of nitrogens with one attached hydrogen (secondary N) is 1. The second kappa shape index (κ2) is 7.30. The molecule has 19 heavy (non-hydrogen) atoms. The first-order valence-electron chi connectivity index (χ1n) is 7.31. The minimum atomic E-state index is 0.420. The fraction of sp³-hybridized carbons (Fsp3) is 0.625. The van der Waals surface area contributed by atoms with E-state index in [9.17, 15) is 0 Å². The van der Waals surface area contributed by atoms with Crippen LogP contribution < -0.4 is 10.1 Å². The smallest absolute Gasteiger partial charge is 0.124 e. The zero-order chi connectivity index (χ0) is 13.7. The Morgan fingerprint density at radius 3 is 2.84 bits per heavy atom. The highest BCUT2D eigenvalue weighted by atomic mass is 79.9. The topological polar surface area (TPSA) is 21.3 Å². The highest BCUT2D eigenvalue weighted by molar-refractivity contribution is 9.10. The Morgan fingerprint density at radius 2 is 2.21 bits per heavy atom. The zero-order valence-corrected chi connectivity index (χ0v) is 13.5. The van der Waals surface area contributed by atoms with Crippen LogP contribution in [0.1, 0.15) is 50.6 Å². The molecule has 1 saturated carbocycles. The van der Waals surface area contributed by atoms with Gasteiger partial charge in [0.15, 0.2) is 0 Å². The van der Waals surface area contributed by atoms with Gasteiger partial charge < -0.3 is 10.1 Å². The number of hydrogen-bond donors (Lipinski definition) is 1. The van der Waals surface area contributed by atoms with E-state index in [1.807, 2.05) is 0 Å². The van der Waals surface area contributed by atoms with Crippen LogP contribution in [0.5, 0.6) is 5.75 Å². The molecule has 0 amide bonds. The average Bonchev–Trinajstić information content (AvgIpc) is 3.23. The summed E-state index contributed by atoms with van der Waals surface area (Å²) in [6.45, 7) is 3.28. The molecule has 2 rings (SSSR count). The zero-order valence-electron chi connectivity index (χ0n) is 11.9. The lowest BCUT2D eigenvalue weighted by Crippen LogP contribution is -2.22. The number of ether oxygens (including phenoxy) is 1. The van der Waals surface area contributed by atoms with Crippen molar-refractivity contribution in [1.29, 1.82) is 0 Å². The molecule has 3 heteroatoms. The van der Waals surface area contributed by atoms with Crippen molar-refractivity contribution >= 4 is 15.9 Å². The molecule has 106 valence electrons. The summed E-state index contributed by atoms with van der Waals surface area (Å²) < 4.78 is 6.61. The molecule has 1 aromatic rings. The van der Waals surface area contributed by atoms with E-state index in [1.165, 1.54) is 37.7 Å². The van der Waals surface area contributed by atoms with E-state index < -0.39 is 0 Å². The monoisotopic (exact) mass is 325 g/mol. The normalized spacial score (nSPS) is 16.4. The van der Waals surface area contributed by atoms with Gasteiger partial charge in [0.25, 0.3) is 0 Å². The fourth-order valence-corrected chi connectivity index (χ4v) is 2.81. The standard InChI is InChI=1S/C16H24BrNO/c1-3-10-18-15(9-6-12-4-5-12)14-8-7-13(17)11-16(14)19-2/h7-8,11-12,15,18H,3-6,9-10H2,1-2H3. The molecule has 0 spiro atoms. The summed E-state index contributed by atoms with van der Waals surface area (Å²) in [6, 6.07) is 6.77. The summed E-state index contributed by atoms with van der Waals surface area (Å²) in [5.41, 5.74) is 1.29. The first-order chi connectivity index (χ1) is 9.24. The van der Waals surface area contributed by atoms with Crippen molar-refractivity contribution in [3.8, 4) is 5.75 Å². The molecule has 0 saturated heterocycles. The van der Waals surface area contributed by atoms with E-state index in [2.05, 4.69) is 46.4 Å². The highest BCUT2D eigenvalue weighted by Crippen LogP contribution is 2.38. The van der Waals surface area contributed by atoms with Gasteiger partial charge in [-0.1, -0.05) is 41.8 Å². The lowest BCUT2D eigenvalue weighted by molar-refractivity contribution is 0.390. The first kappa shape index (κ1) is 14.9. The Hall–Kier alpha value is -0.540. The Kier molecular flexibility index (Phi) is 5.71. The van der Waals surface area contributed by atoms with E-state index >= 15 is 0 Å². The van der Waals surface area contributed by atoms with E-state index in [1.54, 1.807) is 7.11 Å². The molecule has 2 nitrogen and oxygen atoms in total. The lowest BCUT2D eigenvalue weighted by Gasteiger charge is -2.21. The number of hydrogen-bond acceptors (Lipinski definition) is 2. The van der Waals surface area contributed by atoms with Gasteiger partial charge in [-0.2, -0.15) is 0 Å². The minimum absolute atomic E-state index is 0.420. The van der Waals surface area contributed by atoms with Crippen molar-refractivity contribution in [2.75, 3.05) is 13.7 Å². The van der Waals surface area contributed by atoms with Crippen molar-refractivity contribution < 1.29 is 4.74 Å². The van der Waals surface area contributed by atoms with Gasteiger partial charge in [0.2, 0.25) is 0 Å². The van der Waals surface area contributed by atoms with Crippen LogP contribution in [-0.4, -0.2) is 13.7 Å². The summed E-state index contributed by atoms with van der Waals surface area (Å²) >= 11 is 3.51. The van der Waals surface area contributed by atoms with Gasteiger partial charge in [0.05, 0.1) is 7.11 Å². The van der Waals surface area contributed by atoms with E-state index in [4.69, 9.17) is 4.74 Å². The van der Waals surface area contributed by atoms with Crippen molar-refractivity contribution in [3.63, 3.8) is 0 Å². The molecule has 0 aliphatic heterocycles. The molecule has 0 aromatic heterocycles. The van der Waals surface area contributed by atoms with Crippen molar-refractivity contribution in [2.24, 2.45) is 5.92 Å². The fourth-order valence-electron chi connectivity index (χ4n) is 2.47. The summed E-state index contributed by atoms with van der Waals surface area (Å²) in [7, 11) is 1.75. The Balaban J connectivity index is 2.09. The van der Waals surface area contributed by atoms with Crippen LogP contribution in [0.2, 0.25) is 0 Å². The molecule has 1 fully saturated rings. The summed E-state index contributed by atoms with van der Waals surface area (Å²) in [4.78, 5) is 0. The Bertz CT molecular complexity index is 404. The van der Waals surface area contributed by atoms with E-state index in [-0.39, 0.29) is 0 Å². The molecule has 0 bridgehead atoms. The molecular formula is C16H24BrNO. The maximum absolute atomic E-state index is 5.54. The number of methoxy groups -OCH3 is 1. The predicted molar refractivity (Wildman–Crippen MR) is 83.7 cm³/mol. The second-order valence-electron chi connectivity index (χ2n) is 5.41. The van der Waals surface area contributed by atoms with Crippen LogP contribution >= 0.6 is 15.9 Å². The third-order valence-corrected chi connectivity index (χ3v) is 4.27. The Morgan fingerprint density at radius 1 is 1.42 bits per heavy atom. The summed E-state index contributed by atoms with van der Waals surface area (Å²) in [5.74, 6) is 1.96. The molecule has 1 unspecified atom stereocenters. The van der Waals surface area contributed by atoms with Crippen LogP contribution in [0.3, 0.4) is 0 Å². The van der Waals surface area contributed by atoms with Gasteiger partial charge in [-0.15, -0.1) is 0 Å². The van der Waals surface area contributed by atoms with Gasteiger partial charge in [-0.05, 0) is 43.9 Å². The van der Waals surface area contributed by atoms with Gasteiger partial charge >= 0.3 is 0 Å². The molecule has 1 aromatic carbocycles. The largest absolute Gasteiger partial charge is 0.496 e. The average molecular weight is 326 g/mol. The maximum atomic E-state index is 5.54. The molecule has 1 aliphatic carbocycles. The van der Waals surface area contributed by atoms with Crippen LogP contribution in [-0.2, 0) is 0 Å². The van der Waals surface area contributed by atoms with Crippen LogP contribution in [0.4, 0.5) is 0 Å². The Labute approximate surface area is 125 Å².